The maximum atomic E-state index is 12.7. The van der Waals surface area contributed by atoms with Crippen LogP contribution >= 0.6 is 11.3 Å². The minimum atomic E-state index is 0.0304. The first-order chi connectivity index (χ1) is 16.0. The molecular formula is C25H29N3O4S. The van der Waals surface area contributed by atoms with Gasteiger partial charge in [0.15, 0.2) is 11.5 Å². The monoisotopic (exact) mass is 467 g/mol. The lowest BCUT2D eigenvalue weighted by molar-refractivity contribution is -0.127. The van der Waals surface area contributed by atoms with Crippen molar-refractivity contribution in [3.63, 3.8) is 0 Å². The lowest BCUT2D eigenvalue weighted by Gasteiger charge is -2.34. The van der Waals surface area contributed by atoms with Crippen LogP contribution in [0.4, 0.5) is 0 Å². The molecule has 0 N–H and O–H groups in total. The second kappa shape index (κ2) is 10.7. The van der Waals surface area contributed by atoms with E-state index in [0.29, 0.717) is 18.1 Å². The smallest absolute Gasteiger partial charge is 0.246 e. The molecule has 0 bridgehead atoms. The summed E-state index contributed by atoms with van der Waals surface area (Å²) in [7, 11) is 1.60. The first kappa shape index (κ1) is 23.1. The molecule has 33 heavy (non-hydrogen) atoms. The minimum Gasteiger partial charge on any atom is -0.493 e. The highest BCUT2D eigenvalue weighted by Crippen LogP contribution is 2.30. The van der Waals surface area contributed by atoms with E-state index in [0.717, 1.165) is 55.3 Å². The van der Waals surface area contributed by atoms with E-state index in [-0.39, 0.29) is 5.91 Å². The summed E-state index contributed by atoms with van der Waals surface area (Å²) in [5.74, 6) is 2.01. The van der Waals surface area contributed by atoms with Crippen LogP contribution < -0.4 is 9.47 Å². The molecule has 0 aliphatic carbocycles. The number of ether oxygens (including phenoxy) is 2. The molecule has 1 aromatic carbocycles. The van der Waals surface area contributed by atoms with Gasteiger partial charge in [-0.2, -0.15) is 11.3 Å². The standard InChI is InChI=1S/C25H29N3O4S/c1-18-22(19(2)32-26-18)16-31-23-6-4-20(14-24(23)30-3)5-7-25(29)28-11-9-27(10-12-28)15-21-8-13-33-17-21/h4-8,13-14,17H,9-12,15-16H2,1-3H3. The quantitative estimate of drug-likeness (QED) is 0.460. The number of aryl methyl sites for hydroxylation is 2. The molecule has 1 fully saturated rings. The Morgan fingerprint density at radius 3 is 2.67 bits per heavy atom. The number of carbonyl (C=O) groups is 1. The molecule has 0 unspecified atom stereocenters. The number of amides is 1. The first-order valence-electron chi connectivity index (χ1n) is 11.0. The van der Waals surface area contributed by atoms with Gasteiger partial charge in [-0.15, -0.1) is 0 Å². The van der Waals surface area contributed by atoms with Crippen LogP contribution in [-0.2, 0) is 17.9 Å². The van der Waals surface area contributed by atoms with Crippen LogP contribution in [0.2, 0.25) is 0 Å². The molecule has 1 aliphatic heterocycles. The number of carbonyl (C=O) groups excluding carboxylic acids is 1. The van der Waals surface area contributed by atoms with Crippen molar-refractivity contribution in [2.24, 2.45) is 0 Å². The van der Waals surface area contributed by atoms with Gasteiger partial charge in [0.05, 0.1) is 18.4 Å². The van der Waals surface area contributed by atoms with Crippen molar-refractivity contribution in [1.82, 2.24) is 15.0 Å². The Kier molecular flexibility index (Phi) is 7.47. The van der Waals surface area contributed by atoms with Crippen molar-refractivity contribution in [3.05, 3.63) is 69.2 Å². The minimum absolute atomic E-state index is 0.0304. The highest BCUT2D eigenvalue weighted by Gasteiger charge is 2.19. The van der Waals surface area contributed by atoms with Crippen LogP contribution in [-0.4, -0.2) is 54.2 Å². The van der Waals surface area contributed by atoms with Gasteiger partial charge in [0.25, 0.3) is 0 Å². The van der Waals surface area contributed by atoms with E-state index in [4.69, 9.17) is 14.0 Å². The Morgan fingerprint density at radius 2 is 2.00 bits per heavy atom. The van der Waals surface area contributed by atoms with Crippen LogP contribution in [0.15, 0.2) is 45.6 Å². The van der Waals surface area contributed by atoms with E-state index in [1.165, 1.54) is 5.56 Å². The van der Waals surface area contributed by atoms with Crippen LogP contribution in [0.5, 0.6) is 11.5 Å². The second-order valence-electron chi connectivity index (χ2n) is 8.07. The Labute approximate surface area is 198 Å². The topological polar surface area (TPSA) is 68.0 Å². The molecule has 1 saturated heterocycles. The molecule has 174 valence electrons. The first-order valence-corrected chi connectivity index (χ1v) is 11.9. The molecule has 2 aromatic heterocycles. The normalized spacial score (nSPS) is 14.7. The summed E-state index contributed by atoms with van der Waals surface area (Å²) in [6, 6.07) is 7.79. The second-order valence-corrected chi connectivity index (χ2v) is 8.85. The van der Waals surface area contributed by atoms with Crippen LogP contribution in [0.25, 0.3) is 6.08 Å². The maximum absolute atomic E-state index is 12.7. The third-order valence-electron chi connectivity index (χ3n) is 5.83. The summed E-state index contributed by atoms with van der Waals surface area (Å²) >= 11 is 1.72. The van der Waals surface area contributed by atoms with Crippen molar-refractivity contribution >= 4 is 23.3 Å². The molecule has 0 atom stereocenters. The molecule has 8 heteroatoms. The summed E-state index contributed by atoms with van der Waals surface area (Å²) in [6.45, 7) is 8.32. The number of thiophene rings is 1. The predicted octanol–water partition coefficient (Wildman–Crippen LogP) is 4.30. The highest BCUT2D eigenvalue weighted by molar-refractivity contribution is 7.07. The van der Waals surface area contributed by atoms with Gasteiger partial charge in [-0.1, -0.05) is 11.2 Å². The van der Waals surface area contributed by atoms with Gasteiger partial charge in [0.1, 0.15) is 12.4 Å². The summed E-state index contributed by atoms with van der Waals surface area (Å²) in [5.41, 5.74) is 3.97. The van der Waals surface area contributed by atoms with Crippen molar-refractivity contribution < 1.29 is 18.8 Å². The SMILES string of the molecule is COc1cc(C=CC(=O)N2CCN(Cc3ccsc3)CC2)ccc1OCc1c(C)noc1C. The third-order valence-corrected chi connectivity index (χ3v) is 6.56. The fourth-order valence-corrected chi connectivity index (χ4v) is 4.46. The summed E-state index contributed by atoms with van der Waals surface area (Å²) < 4.78 is 16.6. The molecule has 4 rings (SSSR count). The van der Waals surface area contributed by atoms with Crippen molar-refractivity contribution in [3.8, 4) is 11.5 Å². The number of aromatic nitrogens is 1. The lowest BCUT2D eigenvalue weighted by atomic mass is 10.1. The van der Waals surface area contributed by atoms with Crippen LogP contribution in [0.3, 0.4) is 0 Å². The number of nitrogens with zero attached hydrogens (tertiary/aromatic N) is 3. The van der Waals surface area contributed by atoms with E-state index in [1.807, 2.05) is 43.0 Å². The number of hydrogen-bond donors (Lipinski definition) is 0. The average molecular weight is 468 g/mol. The molecule has 3 heterocycles. The van der Waals surface area contributed by atoms with Crippen molar-refractivity contribution in [2.45, 2.75) is 27.0 Å². The van der Waals surface area contributed by atoms with Crippen LogP contribution in [0, 0.1) is 13.8 Å². The maximum Gasteiger partial charge on any atom is 0.246 e. The van der Waals surface area contributed by atoms with Crippen LogP contribution in [0.1, 0.15) is 28.1 Å². The van der Waals surface area contributed by atoms with Gasteiger partial charge < -0.3 is 18.9 Å². The van der Waals surface area contributed by atoms with Gasteiger partial charge >= 0.3 is 0 Å². The molecule has 1 amide bonds. The number of rotatable bonds is 8. The molecule has 0 spiro atoms. The zero-order valence-electron chi connectivity index (χ0n) is 19.2. The number of hydrogen-bond acceptors (Lipinski definition) is 7. The molecule has 0 saturated carbocycles. The average Bonchev–Trinajstić information content (AvgIpc) is 3.46. The zero-order valence-corrected chi connectivity index (χ0v) is 20.1. The Hall–Kier alpha value is -3.10. The number of methoxy groups -OCH3 is 1. The fourth-order valence-electron chi connectivity index (χ4n) is 3.81. The molecule has 0 radical (unpaired) electrons. The van der Waals surface area contributed by atoms with Crippen molar-refractivity contribution in [1.29, 1.82) is 0 Å². The van der Waals surface area contributed by atoms with E-state index in [2.05, 4.69) is 26.9 Å². The summed E-state index contributed by atoms with van der Waals surface area (Å²) in [4.78, 5) is 17.0. The van der Waals surface area contributed by atoms with Crippen molar-refractivity contribution in [2.75, 3.05) is 33.3 Å². The zero-order chi connectivity index (χ0) is 23.2. The lowest BCUT2D eigenvalue weighted by Crippen LogP contribution is -2.47. The molecule has 3 aromatic rings. The van der Waals surface area contributed by atoms with E-state index in [9.17, 15) is 4.79 Å². The largest absolute Gasteiger partial charge is 0.493 e. The molecule has 1 aliphatic rings. The van der Waals surface area contributed by atoms with E-state index in [1.54, 1.807) is 24.5 Å². The Morgan fingerprint density at radius 1 is 1.18 bits per heavy atom. The number of benzene rings is 1. The molecule has 7 nitrogen and oxygen atoms in total. The predicted molar refractivity (Wildman–Crippen MR) is 129 cm³/mol. The van der Waals surface area contributed by atoms with Gasteiger partial charge in [-0.3, -0.25) is 9.69 Å². The molecular weight excluding hydrogens is 438 g/mol. The highest BCUT2D eigenvalue weighted by atomic mass is 32.1. The third kappa shape index (κ3) is 5.83. The van der Waals surface area contributed by atoms with Gasteiger partial charge in [-0.05, 0) is 60.0 Å². The fraction of sp³-hybridized carbons (Fsp3) is 0.360. The summed E-state index contributed by atoms with van der Waals surface area (Å²) in [6.07, 6.45) is 3.45. The van der Waals surface area contributed by atoms with Gasteiger partial charge in [0, 0.05) is 38.8 Å². The van der Waals surface area contributed by atoms with E-state index >= 15 is 0 Å². The van der Waals surface area contributed by atoms with Gasteiger partial charge in [-0.25, -0.2) is 0 Å². The Bertz CT molecular complexity index is 1080. The number of piperazine rings is 1. The Balaban J connectivity index is 1.31. The summed E-state index contributed by atoms with van der Waals surface area (Å²) in [5, 5.41) is 8.24. The van der Waals surface area contributed by atoms with E-state index < -0.39 is 0 Å². The van der Waals surface area contributed by atoms with Gasteiger partial charge in [0.2, 0.25) is 5.91 Å².